The highest BCUT2D eigenvalue weighted by Gasteiger charge is 2.22. The third-order valence-electron chi connectivity index (χ3n) is 4.49. The maximum absolute atomic E-state index is 12.3. The second-order valence-corrected chi connectivity index (χ2v) is 6.23. The highest BCUT2D eigenvalue weighted by Crippen LogP contribution is 2.18. The van der Waals surface area contributed by atoms with Crippen molar-refractivity contribution in [3.8, 4) is 0 Å². The Morgan fingerprint density at radius 2 is 1.96 bits per heavy atom. The van der Waals surface area contributed by atoms with Gasteiger partial charge < -0.3 is 15.5 Å². The van der Waals surface area contributed by atoms with Crippen molar-refractivity contribution < 1.29 is 9.59 Å². The van der Waals surface area contributed by atoms with E-state index in [9.17, 15) is 9.59 Å². The van der Waals surface area contributed by atoms with Gasteiger partial charge in [0.1, 0.15) is 0 Å². The van der Waals surface area contributed by atoms with E-state index in [1.807, 2.05) is 54.3 Å². The number of fused-ring (bicyclic) bond motifs is 1. The van der Waals surface area contributed by atoms with Crippen molar-refractivity contribution in [2.45, 2.75) is 19.4 Å². The Morgan fingerprint density at radius 1 is 1.20 bits per heavy atom. The molecule has 2 N–H and O–H groups in total. The molecule has 1 unspecified atom stereocenters. The summed E-state index contributed by atoms with van der Waals surface area (Å²) >= 11 is 0. The zero-order valence-electron chi connectivity index (χ0n) is 14.3. The van der Waals surface area contributed by atoms with Crippen LogP contribution in [0.25, 0.3) is 10.8 Å². The fraction of sp³-hybridized carbons (Fsp3) is 0.368. The van der Waals surface area contributed by atoms with E-state index < -0.39 is 0 Å². The van der Waals surface area contributed by atoms with Crippen LogP contribution in [0, 0.1) is 0 Å². The van der Waals surface area contributed by atoms with Gasteiger partial charge in [-0.1, -0.05) is 42.5 Å². The molecule has 1 saturated heterocycles. The Morgan fingerprint density at radius 3 is 2.76 bits per heavy atom. The van der Waals surface area contributed by atoms with Crippen LogP contribution in [0.3, 0.4) is 0 Å². The lowest BCUT2D eigenvalue weighted by atomic mass is 10.0. The van der Waals surface area contributed by atoms with Crippen LogP contribution in [-0.2, 0) is 16.0 Å². The molecular formula is C19H24ClN3O2. The monoisotopic (exact) mass is 361 g/mol. The van der Waals surface area contributed by atoms with Crippen molar-refractivity contribution in [3.63, 3.8) is 0 Å². The molecule has 3 rings (SSSR count). The predicted octanol–water partition coefficient (Wildman–Crippen LogP) is 1.74. The molecule has 1 heterocycles. The second-order valence-electron chi connectivity index (χ2n) is 6.23. The smallest absolute Gasteiger partial charge is 0.242 e. The van der Waals surface area contributed by atoms with Crippen molar-refractivity contribution in [3.05, 3.63) is 48.0 Å². The first kappa shape index (κ1) is 19.2. The summed E-state index contributed by atoms with van der Waals surface area (Å²) in [7, 11) is 0. The standard InChI is InChI=1S/C19H23N3O2.ClH/c1-14-12-20-9-10-22(14)19(24)13-21-18(23)11-16-7-4-6-15-5-2-3-8-17(15)16;/h2-8,14,20H,9-13H2,1H3,(H,21,23);1H. The fourth-order valence-electron chi connectivity index (χ4n) is 3.17. The van der Waals surface area contributed by atoms with Crippen LogP contribution in [0.1, 0.15) is 12.5 Å². The van der Waals surface area contributed by atoms with Gasteiger partial charge in [0.2, 0.25) is 11.8 Å². The van der Waals surface area contributed by atoms with Crippen LogP contribution < -0.4 is 10.6 Å². The Labute approximate surface area is 154 Å². The molecule has 2 aromatic rings. The lowest BCUT2D eigenvalue weighted by Crippen LogP contribution is -2.54. The van der Waals surface area contributed by atoms with Crippen molar-refractivity contribution in [2.75, 3.05) is 26.2 Å². The molecule has 0 aromatic heterocycles. The molecule has 0 spiro atoms. The average Bonchev–Trinajstić information content (AvgIpc) is 2.60. The van der Waals surface area contributed by atoms with Gasteiger partial charge in [-0.25, -0.2) is 0 Å². The molecular weight excluding hydrogens is 338 g/mol. The van der Waals surface area contributed by atoms with Crippen LogP contribution >= 0.6 is 12.4 Å². The van der Waals surface area contributed by atoms with E-state index in [4.69, 9.17) is 0 Å². The summed E-state index contributed by atoms with van der Waals surface area (Å²) in [6.45, 7) is 4.38. The van der Waals surface area contributed by atoms with Gasteiger partial charge >= 0.3 is 0 Å². The van der Waals surface area contributed by atoms with Crippen molar-refractivity contribution in [1.82, 2.24) is 15.5 Å². The molecule has 0 bridgehead atoms. The van der Waals surface area contributed by atoms with Gasteiger partial charge in [-0.05, 0) is 23.3 Å². The van der Waals surface area contributed by atoms with E-state index in [2.05, 4.69) is 10.6 Å². The van der Waals surface area contributed by atoms with E-state index in [1.54, 1.807) is 0 Å². The zero-order chi connectivity index (χ0) is 16.9. The number of carbonyl (C=O) groups excluding carboxylic acids is 2. The second kappa shape index (κ2) is 8.83. The minimum absolute atomic E-state index is 0. The Hall–Kier alpha value is -2.11. The number of nitrogens with one attached hydrogen (secondary N) is 2. The average molecular weight is 362 g/mol. The first-order valence-electron chi connectivity index (χ1n) is 8.38. The van der Waals surface area contributed by atoms with Crippen LogP contribution in [0.15, 0.2) is 42.5 Å². The SMILES string of the molecule is CC1CNCCN1C(=O)CNC(=O)Cc1cccc2ccccc12.Cl. The molecule has 0 saturated carbocycles. The summed E-state index contributed by atoms with van der Waals surface area (Å²) in [5, 5.41) is 8.22. The van der Waals surface area contributed by atoms with E-state index in [1.165, 1.54) is 0 Å². The largest absolute Gasteiger partial charge is 0.347 e. The minimum atomic E-state index is -0.123. The molecule has 1 aliphatic heterocycles. The van der Waals surface area contributed by atoms with Gasteiger partial charge in [0, 0.05) is 25.7 Å². The molecule has 1 atom stereocenters. The maximum atomic E-state index is 12.3. The number of benzene rings is 2. The third kappa shape index (κ3) is 4.71. The highest BCUT2D eigenvalue weighted by molar-refractivity contribution is 5.91. The van der Waals surface area contributed by atoms with Crippen molar-refractivity contribution in [2.24, 2.45) is 0 Å². The summed E-state index contributed by atoms with van der Waals surface area (Å²) in [4.78, 5) is 26.3. The molecule has 5 nitrogen and oxygen atoms in total. The lowest BCUT2D eigenvalue weighted by Gasteiger charge is -2.34. The quantitative estimate of drug-likeness (QED) is 0.872. The van der Waals surface area contributed by atoms with E-state index >= 15 is 0 Å². The summed E-state index contributed by atoms with van der Waals surface area (Å²) in [5.41, 5.74) is 0.980. The number of piperazine rings is 1. The van der Waals surface area contributed by atoms with Gasteiger partial charge in [-0.2, -0.15) is 0 Å². The van der Waals surface area contributed by atoms with E-state index in [0.717, 1.165) is 29.4 Å². The number of nitrogens with zero attached hydrogens (tertiary/aromatic N) is 1. The van der Waals surface area contributed by atoms with Crippen molar-refractivity contribution in [1.29, 1.82) is 0 Å². The molecule has 25 heavy (non-hydrogen) atoms. The number of carbonyl (C=O) groups is 2. The fourth-order valence-corrected chi connectivity index (χ4v) is 3.17. The molecule has 134 valence electrons. The molecule has 6 heteroatoms. The zero-order valence-corrected chi connectivity index (χ0v) is 15.1. The Kier molecular flexibility index (Phi) is 6.79. The lowest BCUT2D eigenvalue weighted by molar-refractivity contribution is -0.135. The first-order chi connectivity index (χ1) is 11.6. The predicted molar refractivity (Wildman–Crippen MR) is 102 cm³/mol. The summed E-state index contributed by atoms with van der Waals surface area (Å²) in [6, 6.07) is 14.1. The summed E-state index contributed by atoms with van der Waals surface area (Å²) in [6.07, 6.45) is 0.283. The first-order valence-corrected chi connectivity index (χ1v) is 8.38. The maximum Gasteiger partial charge on any atom is 0.242 e. The molecule has 1 aliphatic rings. The topological polar surface area (TPSA) is 61.4 Å². The Bertz CT molecular complexity index is 745. The number of amides is 2. The highest BCUT2D eigenvalue weighted by atomic mass is 35.5. The number of halogens is 1. The summed E-state index contributed by atoms with van der Waals surface area (Å²) in [5.74, 6) is -0.141. The molecule has 1 fully saturated rings. The van der Waals surface area contributed by atoms with Gasteiger partial charge in [-0.3, -0.25) is 9.59 Å². The number of hydrogen-bond donors (Lipinski definition) is 2. The van der Waals surface area contributed by atoms with Crippen LogP contribution in [0.5, 0.6) is 0 Å². The van der Waals surface area contributed by atoms with Gasteiger partial charge in [-0.15, -0.1) is 12.4 Å². The number of hydrogen-bond acceptors (Lipinski definition) is 3. The van der Waals surface area contributed by atoms with Gasteiger partial charge in [0.15, 0.2) is 0 Å². The van der Waals surface area contributed by atoms with Gasteiger partial charge in [0.25, 0.3) is 0 Å². The third-order valence-corrected chi connectivity index (χ3v) is 4.49. The summed E-state index contributed by atoms with van der Waals surface area (Å²) < 4.78 is 0. The Balaban J connectivity index is 0.00000225. The molecule has 2 amide bonds. The molecule has 0 aliphatic carbocycles. The molecule has 2 aromatic carbocycles. The van der Waals surface area contributed by atoms with E-state index in [-0.39, 0.29) is 43.2 Å². The van der Waals surface area contributed by atoms with Gasteiger partial charge in [0.05, 0.1) is 13.0 Å². The minimum Gasteiger partial charge on any atom is -0.347 e. The van der Waals surface area contributed by atoms with Crippen molar-refractivity contribution >= 4 is 35.0 Å². The molecule has 0 radical (unpaired) electrons. The van der Waals surface area contributed by atoms with Crippen LogP contribution in [-0.4, -0.2) is 48.9 Å². The normalized spacial score (nSPS) is 17.0. The van der Waals surface area contributed by atoms with Crippen LogP contribution in [0.2, 0.25) is 0 Å². The number of rotatable bonds is 4. The van der Waals surface area contributed by atoms with E-state index in [0.29, 0.717) is 6.54 Å². The van der Waals surface area contributed by atoms with Crippen LogP contribution in [0.4, 0.5) is 0 Å².